The molecule has 3 nitrogen and oxygen atoms in total. The predicted molar refractivity (Wildman–Crippen MR) is 63.3 cm³/mol. The van der Waals surface area contributed by atoms with E-state index in [2.05, 4.69) is 22.5 Å². The van der Waals surface area contributed by atoms with Gasteiger partial charge in [-0.2, -0.15) is 0 Å². The molecule has 82 valence electrons. The van der Waals surface area contributed by atoms with Gasteiger partial charge in [0.25, 0.3) is 0 Å². The summed E-state index contributed by atoms with van der Waals surface area (Å²) in [4.78, 5) is 4.48. The van der Waals surface area contributed by atoms with E-state index in [0.29, 0.717) is 6.04 Å². The van der Waals surface area contributed by atoms with E-state index in [-0.39, 0.29) is 0 Å². The molecule has 0 aromatic carbocycles. The van der Waals surface area contributed by atoms with Gasteiger partial charge in [-0.25, -0.2) is 4.98 Å². The summed E-state index contributed by atoms with van der Waals surface area (Å²) in [5, 5.41) is 7.32. The first-order chi connectivity index (χ1) is 7.29. The maximum Gasteiger partial charge on any atom is 0.126 e. The monoisotopic (exact) mass is 225 g/mol. The molecule has 2 N–H and O–H groups in total. The summed E-state index contributed by atoms with van der Waals surface area (Å²) in [6, 6.07) is 4.48. The fourth-order valence-corrected chi connectivity index (χ4v) is 1.54. The van der Waals surface area contributed by atoms with Crippen LogP contribution in [0.5, 0.6) is 0 Å². The highest BCUT2D eigenvalue weighted by molar-refractivity contribution is 6.31. The van der Waals surface area contributed by atoms with Crippen LogP contribution in [0.15, 0.2) is 12.1 Å². The summed E-state index contributed by atoms with van der Waals surface area (Å²) >= 11 is 6.05. The fraction of sp³-hybridized carbons (Fsp3) is 0.545. The van der Waals surface area contributed by atoms with Crippen molar-refractivity contribution in [3.05, 3.63) is 22.8 Å². The molecule has 1 aliphatic rings. The van der Waals surface area contributed by atoms with E-state index in [1.165, 1.54) is 12.8 Å². The van der Waals surface area contributed by atoms with Crippen LogP contribution in [0.1, 0.15) is 25.5 Å². The van der Waals surface area contributed by atoms with Crippen molar-refractivity contribution in [2.75, 3.05) is 11.9 Å². The van der Waals surface area contributed by atoms with Gasteiger partial charge in [0.05, 0.1) is 10.7 Å². The number of hydrogen-bond donors (Lipinski definition) is 2. The molecule has 0 bridgehead atoms. The van der Waals surface area contributed by atoms with E-state index in [1.807, 2.05) is 12.1 Å². The van der Waals surface area contributed by atoms with Crippen molar-refractivity contribution >= 4 is 17.4 Å². The van der Waals surface area contributed by atoms with Gasteiger partial charge in [0.2, 0.25) is 0 Å². The largest absolute Gasteiger partial charge is 0.367 e. The van der Waals surface area contributed by atoms with Crippen LogP contribution >= 0.6 is 11.6 Å². The number of halogens is 1. The molecule has 0 atom stereocenters. The Hall–Kier alpha value is -0.800. The molecule has 0 spiro atoms. The molecule has 4 heteroatoms. The summed E-state index contributed by atoms with van der Waals surface area (Å²) in [6.07, 6.45) is 2.51. The minimum atomic E-state index is 0.630. The SMILES string of the molecule is CCNCc1nc(NC2CC2)ccc1Cl. The second-order valence-corrected chi connectivity index (χ2v) is 4.23. The van der Waals surface area contributed by atoms with Crippen molar-refractivity contribution < 1.29 is 0 Å². The zero-order valence-corrected chi connectivity index (χ0v) is 9.64. The first-order valence-corrected chi connectivity index (χ1v) is 5.80. The average molecular weight is 226 g/mol. The molecule has 0 saturated heterocycles. The van der Waals surface area contributed by atoms with Crippen LogP contribution in [0.25, 0.3) is 0 Å². The summed E-state index contributed by atoms with van der Waals surface area (Å²) in [6.45, 7) is 3.73. The van der Waals surface area contributed by atoms with E-state index in [0.717, 1.165) is 29.6 Å². The van der Waals surface area contributed by atoms with E-state index >= 15 is 0 Å². The topological polar surface area (TPSA) is 37.0 Å². The molecular formula is C11H16ClN3. The number of hydrogen-bond acceptors (Lipinski definition) is 3. The first kappa shape index (κ1) is 10.7. The molecule has 2 rings (SSSR count). The first-order valence-electron chi connectivity index (χ1n) is 5.42. The second kappa shape index (κ2) is 4.81. The van der Waals surface area contributed by atoms with Crippen molar-refractivity contribution in [1.29, 1.82) is 0 Å². The van der Waals surface area contributed by atoms with Crippen LogP contribution in [0.3, 0.4) is 0 Å². The van der Waals surface area contributed by atoms with Crippen molar-refractivity contribution in [3.63, 3.8) is 0 Å². The Morgan fingerprint density at radius 3 is 2.93 bits per heavy atom. The number of pyridine rings is 1. The van der Waals surface area contributed by atoms with Gasteiger partial charge in [0.1, 0.15) is 5.82 Å². The van der Waals surface area contributed by atoms with Gasteiger partial charge >= 0.3 is 0 Å². The van der Waals surface area contributed by atoms with Crippen LogP contribution in [-0.2, 0) is 6.54 Å². The lowest BCUT2D eigenvalue weighted by molar-refractivity contribution is 0.711. The zero-order valence-electron chi connectivity index (χ0n) is 8.89. The molecule has 1 aromatic rings. The summed E-state index contributed by atoms with van der Waals surface area (Å²) in [7, 11) is 0. The number of nitrogens with one attached hydrogen (secondary N) is 2. The number of aromatic nitrogens is 1. The van der Waals surface area contributed by atoms with E-state index in [9.17, 15) is 0 Å². The summed E-state index contributed by atoms with van der Waals surface area (Å²) in [5.41, 5.74) is 0.921. The Morgan fingerprint density at radius 2 is 2.27 bits per heavy atom. The number of anilines is 1. The Bertz CT molecular complexity index is 337. The normalized spacial score (nSPS) is 15.3. The molecule has 15 heavy (non-hydrogen) atoms. The Balaban J connectivity index is 2.05. The standard InChI is InChI=1S/C11H16ClN3/c1-2-13-7-10-9(12)5-6-11(15-10)14-8-3-4-8/h5-6,8,13H,2-4,7H2,1H3,(H,14,15). The highest BCUT2D eigenvalue weighted by atomic mass is 35.5. The average Bonchev–Trinajstić information content (AvgIpc) is 3.03. The highest BCUT2D eigenvalue weighted by Gasteiger charge is 2.21. The maximum absolute atomic E-state index is 6.05. The molecule has 0 unspecified atom stereocenters. The van der Waals surface area contributed by atoms with Gasteiger partial charge in [-0.3, -0.25) is 0 Å². The smallest absolute Gasteiger partial charge is 0.126 e. The van der Waals surface area contributed by atoms with Crippen LogP contribution in [0.4, 0.5) is 5.82 Å². The Labute approximate surface area is 95.2 Å². The van der Waals surface area contributed by atoms with Gasteiger partial charge in [-0.1, -0.05) is 18.5 Å². The number of rotatable bonds is 5. The lowest BCUT2D eigenvalue weighted by Gasteiger charge is -2.08. The van der Waals surface area contributed by atoms with E-state index in [1.54, 1.807) is 0 Å². The zero-order chi connectivity index (χ0) is 10.7. The Kier molecular flexibility index (Phi) is 3.44. The third-order valence-electron chi connectivity index (χ3n) is 2.39. The lowest BCUT2D eigenvalue weighted by atomic mass is 10.3. The minimum absolute atomic E-state index is 0.630. The third kappa shape index (κ3) is 3.08. The van der Waals surface area contributed by atoms with Crippen LogP contribution in [-0.4, -0.2) is 17.6 Å². The molecule has 1 aromatic heterocycles. The molecule has 1 saturated carbocycles. The fourth-order valence-electron chi connectivity index (χ4n) is 1.37. The molecule has 0 amide bonds. The van der Waals surface area contributed by atoms with Crippen LogP contribution in [0.2, 0.25) is 5.02 Å². The van der Waals surface area contributed by atoms with Crippen molar-refractivity contribution in [3.8, 4) is 0 Å². The molecule has 1 heterocycles. The van der Waals surface area contributed by atoms with Gasteiger partial charge in [0.15, 0.2) is 0 Å². The van der Waals surface area contributed by atoms with Gasteiger partial charge in [0, 0.05) is 12.6 Å². The summed E-state index contributed by atoms with van der Waals surface area (Å²) < 4.78 is 0. The van der Waals surface area contributed by atoms with Gasteiger partial charge < -0.3 is 10.6 Å². The molecule has 1 fully saturated rings. The molecular weight excluding hydrogens is 210 g/mol. The van der Waals surface area contributed by atoms with Crippen LogP contribution in [0, 0.1) is 0 Å². The molecule has 0 radical (unpaired) electrons. The molecule has 0 aliphatic heterocycles. The Morgan fingerprint density at radius 1 is 1.47 bits per heavy atom. The van der Waals surface area contributed by atoms with Crippen molar-refractivity contribution in [1.82, 2.24) is 10.3 Å². The quantitative estimate of drug-likeness (QED) is 0.808. The second-order valence-electron chi connectivity index (χ2n) is 3.82. The van der Waals surface area contributed by atoms with Crippen molar-refractivity contribution in [2.45, 2.75) is 32.4 Å². The van der Waals surface area contributed by atoms with Crippen LogP contribution < -0.4 is 10.6 Å². The number of nitrogens with zero attached hydrogens (tertiary/aromatic N) is 1. The lowest BCUT2D eigenvalue weighted by Crippen LogP contribution is -2.14. The van der Waals surface area contributed by atoms with E-state index < -0.39 is 0 Å². The summed E-state index contributed by atoms with van der Waals surface area (Å²) in [5.74, 6) is 0.940. The minimum Gasteiger partial charge on any atom is -0.367 e. The highest BCUT2D eigenvalue weighted by Crippen LogP contribution is 2.25. The predicted octanol–water partition coefficient (Wildman–Crippen LogP) is 2.42. The maximum atomic E-state index is 6.05. The van der Waals surface area contributed by atoms with Gasteiger partial charge in [-0.05, 0) is 31.5 Å². The van der Waals surface area contributed by atoms with E-state index in [4.69, 9.17) is 11.6 Å². The van der Waals surface area contributed by atoms with Crippen molar-refractivity contribution in [2.24, 2.45) is 0 Å². The third-order valence-corrected chi connectivity index (χ3v) is 2.73. The molecule has 1 aliphatic carbocycles. The van der Waals surface area contributed by atoms with Gasteiger partial charge in [-0.15, -0.1) is 0 Å².